The van der Waals surface area contributed by atoms with Gasteiger partial charge in [-0.15, -0.1) is 0 Å². The number of aryl methyl sites for hydroxylation is 1. The minimum absolute atomic E-state index is 0.116. The van der Waals surface area contributed by atoms with Gasteiger partial charge in [0.25, 0.3) is 5.01 Å². The van der Waals surface area contributed by atoms with Crippen molar-refractivity contribution in [2.45, 2.75) is 136 Å². The van der Waals surface area contributed by atoms with Crippen LogP contribution in [0.3, 0.4) is 0 Å². The van der Waals surface area contributed by atoms with Crippen molar-refractivity contribution >= 4 is 68.0 Å². The minimum Gasteiger partial charge on any atom is -0.506 e. The molecule has 1 N–H and O–H groups in total. The molecule has 0 atom stereocenters. The van der Waals surface area contributed by atoms with Crippen molar-refractivity contribution in [3.8, 4) is 0 Å². The number of hydrogen-bond acceptors (Lipinski definition) is 5. The number of unbranched alkanes of at least 4 members (excludes halogenated alkanes) is 14. The maximum Gasteiger partial charge on any atom is 0.416 e. The lowest BCUT2D eigenvalue weighted by Gasteiger charge is -2.27. The van der Waals surface area contributed by atoms with Gasteiger partial charge >= 0.3 is 6.18 Å². The van der Waals surface area contributed by atoms with Gasteiger partial charge in [-0.25, -0.2) is 0 Å². The number of aromatic nitrogens is 1. The average molecular weight is 806 g/mol. The van der Waals surface area contributed by atoms with E-state index < -0.39 is 11.7 Å². The number of carbonyl (C=O) groups excluding carboxylic acids is 1. The van der Waals surface area contributed by atoms with Gasteiger partial charge in [0.05, 0.1) is 38.1 Å². The van der Waals surface area contributed by atoms with Gasteiger partial charge in [-0.3, -0.25) is 4.79 Å². The van der Waals surface area contributed by atoms with Gasteiger partial charge in [-0.05, 0) is 50.1 Å². The molecule has 1 aromatic heterocycles. The molecule has 2 aliphatic rings. The molecule has 0 bridgehead atoms. The molecule has 54 heavy (non-hydrogen) atoms. The summed E-state index contributed by atoms with van der Waals surface area (Å²) >= 11 is 14.3. The first-order chi connectivity index (χ1) is 26.0. The van der Waals surface area contributed by atoms with Crippen LogP contribution in [0.15, 0.2) is 59.1 Å². The van der Waals surface area contributed by atoms with Crippen LogP contribution in [0, 0.1) is 0 Å². The average Bonchev–Trinajstić information content (AvgIpc) is 3.64. The van der Waals surface area contributed by atoms with E-state index in [0.29, 0.717) is 44.9 Å². The van der Waals surface area contributed by atoms with Gasteiger partial charge in [0.1, 0.15) is 16.3 Å². The highest BCUT2D eigenvalue weighted by Crippen LogP contribution is 2.47. The number of allylic oxidation sites excluding steroid dienone is 3. The number of rotatable bonds is 21. The zero-order valence-corrected chi connectivity index (χ0v) is 34.3. The maximum atomic E-state index is 13.8. The molecular weight excluding hydrogens is 750 g/mol. The summed E-state index contributed by atoms with van der Waals surface area (Å²) < 4.78 is 43.8. The van der Waals surface area contributed by atoms with Crippen LogP contribution in [0.25, 0.3) is 16.3 Å². The molecule has 5 nitrogen and oxygen atoms in total. The van der Waals surface area contributed by atoms with Gasteiger partial charge in [0, 0.05) is 31.7 Å². The lowest BCUT2D eigenvalue weighted by molar-refractivity contribution is -0.669. The molecule has 5 rings (SSSR count). The van der Waals surface area contributed by atoms with E-state index in [2.05, 4.69) is 23.6 Å². The maximum absolute atomic E-state index is 13.8. The molecule has 0 saturated heterocycles. The Hall–Kier alpha value is -3.01. The van der Waals surface area contributed by atoms with E-state index in [0.717, 1.165) is 68.2 Å². The SMILES string of the molecule is CCCCCCCCCCN1/C(=C\C2=C(O)C(=C/c3sc4ccc(C(F)(F)F)cc4[n+]3CCCCCCCCCC)/C2=O)N(CC)c2cc(Cl)c(Cl)cc21. The van der Waals surface area contributed by atoms with Crippen molar-refractivity contribution in [3.05, 3.63) is 79.8 Å². The van der Waals surface area contributed by atoms with Crippen LogP contribution < -0.4 is 14.4 Å². The smallest absolute Gasteiger partial charge is 0.416 e. The largest absolute Gasteiger partial charge is 0.506 e. The fraction of sp³-hybridized carbons (Fsp3) is 0.535. The molecule has 2 heterocycles. The molecule has 1 aliphatic heterocycles. The monoisotopic (exact) mass is 804 g/mol. The predicted octanol–water partition coefficient (Wildman–Crippen LogP) is 13.8. The summed E-state index contributed by atoms with van der Waals surface area (Å²) in [6.07, 6.45) is 17.2. The van der Waals surface area contributed by atoms with Gasteiger partial charge in [0.2, 0.25) is 11.3 Å². The number of carbonyl (C=O) groups is 1. The first-order valence-electron chi connectivity index (χ1n) is 20.0. The summed E-state index contributed by atoms with van der Waals surface area (Å²) in [4.78, 5) is 18.1. The number of fused-ring (bicyclic) bond motifs is 2. The first kappa shape index (κ1) is 42.1. The van der Waals surface area contributed by atoms with Crippen molar-refractivity contribution in [3.63, 3.8) is 0 Å². The molecule has 0 unspecified atom stereocenters. The van der Waals surface area contributed by atoms with Gasteiger partial charge in [-0.2, -0.15) is 17.7 Å². The summed E-state index contributed by atoms with van der Waals surface area (Å²) in [6, 6.07) is 7.52. The van der Waals surface area contributed by atoms with Gasteiger partial charge in [-0.1, -0.05) is 132 Å². The molecule has 0 fully saturated rings. The number of thiazole rings is 1. The van der Waals surface area contributed by atoms with Crippen molar-refractivity contribution in [2.24, 2.45) is 0 Å². The van der Waals surface area contributed by atoms with Crippen LogP contribution in [0.5, 0.6) is 0 Å². The highest BCUT2D eigenvalue weighted by molar-refractivity contribution is 7.18. The molecule has 0 spiro atoms. The summed E-state index contributed by atoms with van der Waals surface area (Å²) in [7, 11) is 0. The zero-order chi connectivity index (χ0) is 38.8. The Morgan fingerprint density at radius 3 is 1.87 bits per heavy atom. The number of Topliss-reactive ketones (excluding diaryl/α,β-unsaturated/α-hetero) is 1. The first-order valence-corrected chi connectivity index (χ1v) is 21.6. The van der Waals surface area contributed by atoms with Crippen LogP contribution in [-0.2, 0) is 17.5 Å². The van der Waals surface area contributed by atoms with E-state index in [-0.39, 0.29) is 22.7 Å². The molecule has 0 radical (unpaired) electrons. The van der Waals surface area contributed by atoms with E-state index in [1.807, 2.05) is 23.6 Å². The number of hydrogen-bond donors (Lipinski definition) is 1. The topological polar surface area (TPSA) is 47.7 Å². The molecule has 0 saturated carbocycles. The van der Waals surface area contributed by atoms with Crippen molar-refractivity contribution in [1.82, 2.24) is 0 Å². The second-order valence-corrected chi connectivity index (χ2v) is 16.4. The number of anilines is 2. The quantitative estimate of drug-likeness (QED) is 0.0662. The Morgan fingerprint density at radius 1 is 0.759 bits per heavy atom. The molecule has 1 aliphatic carbocycles. The molecule has 0 amide bonds. The van der Waals surface area contributed by atoms with E-state index in [1.165, 1.54) is 81.3 Å². The minimum atomic E-state index is -4.47. The van der Waals surface area contributed by atoms with E-state index in [1.54, 1.807) is 12.2 Å². The molecular formula is C43H55Cl2F3N3O2S+. The number of halogens is 5. The van der Waals surface area contributed by atoms with Crippen LogP contribution in [0.4, 0.5) is 24.5 Å². The molecule has 2 aromatic carbocycles. The second kappa shape index (κ2) is 19.7. The van der Waals surface area contributed by atoms with Crippen LogP contribution in [0.2, 0.25) is 10.0 Å². The Labute approximate surface area is 333 Å². The van der Waals surface area contributed by atoms with E-state index in [4.69, 9.17) is 23.2 Å². The molecule has 3 aromatic rings. The molecule has 11 heteroatoms. The Morgan fingerprint density at radius 2 is 1.31 bits per heavy atom. The number of aliphatic hydroxyl groups is 1. The van der Waals surface area contributed by atoms with Gasteiger partial charge < -0.3 is 14.9 Å². The Bertz CT molecular complexity index is 1870. The lowest BCUT2D eigenvalue weighted by Crippen LogP contribution is -2.36. The fourth-order valence-electron chi connectivity index (χ4n) is 7.46. The normalized spacial score (nSPS) is 16.1. The van der Waals surface area contributed by atoms with Crippen molar-refractivity contribution in [2.75, 3.05) is 22.9 Å². The predicted molar refractivity (Wildman–Crippen MR) is 220 cm³/mol. The molecule has 294 valence electrons. The lowest BCUT2D eigenvalue weighted by atomic mass is 9.87. The number of aliphatic hydroxyl groups excluding tert-OH is 1. The highest BCUT2D eigenvalue weighted by Gasteiger charge is 2.38. The second-order valence-electron chi connectivity index (χ2n) is 14.5. The van der Waals surface area contributed by atoms with E-state index >= 15 is 0 Å². The standard InChI is InChI=1S/C43H54Cl2F3N3O2S/c1-4-7-9-11-13-15-17-19-23-50-36-29-34(45)33(44)28-35(36)49(6-3)39(50)26-31-41(52)32(42(31)53)27-40-51(24-20-18-16-14-12-10-8-5-2)37-25-30(43(46,47)48)21-22-38(37)54-40/h21-22,25-29H,4-20,23-24H2,1-3H3/p+1. The van der Waals surface area contributed by atoms with Gasteiger partial charge in [0.15, 0.2) is 6.54 Å². The van der Waals surface area contributed by atoms with E-state index in [9.17, 15) is 23.1 Å². The van der Waals surface area contributed by atoms with Crippen LogP contribution in [-0.4, -0.2) is 24.0 Å². The summed E-state index contributed by atoms with van der Waals surface area (Å²) in [5.74, 6) is 0.353. The number of benzene rings is 2. The third-order valence-corrected chi connectivity index (χ3v) is 12.4. The summed E-state index contributed by atoms with van der Waals surface area (Å²) in [6.45, 7) is 8.29. The van der Waals surface area contributed by atoms with Crippen molar-refractivity contribution < 1.29 is 27.6 Å². The number of nitrogens with zero attached hydrogens (tertiary/aromatic N) is 3. The number of alkyl halides is 3. The third-order valence-electron chi connectivity index (χ3n) is 10.5. The summed E-state index contributed by atoms with van der Waals surface area (Å²) in [5.41, 5.74) is 1.95. The number of ketones is 1. The van der Waals surface area contributed by atoms with Crippen molar-refractivity contribution in [1.29, 1.82) is 0 Å². The van der Waals surface area contributed by atoms with Crippen LogP contribution >= 0.6 is 34.5 Å². The highest BCUT2D eigenvalue weighted by atomic mass is 35.5. The van der Waals surface area contributed by atoms with Crippen LogP contribution in [0.1, 0.15) is 134 Å². The zero-order valence-electron chi connectivity index (χ0n) is 32.0. The Kier molecular flexibility index (Phi) is 15.4. The summed E-state index contributed by atoms with van der Waals surface area (Å²) in [5, 5.41) is 12.9. The third kappa shape index (κ3) is 10.0. The fourth-order valence-corrected chi connectivity index (χ4v) is 8.89. The Balaban J connectivity index is 1.41.